The molecule has 2 saturated heterocycles. The first-order valence-corrected chi connectivity index (χ1v) is 8.86. The van der Waals surface area contributed by atoms with E-state index in [2.05, 4.69) is 0 Å². The maximum Gasteiger partial charge on any atom is 0.338 e. The molecule has 3 rings (SSSR count). The summed E-state index contributed by atoms with van der Waals surface area (Å²) in [6.45, 7) is 3.10. The van der Waals surface area contributed by atoms with Crippen LogP contribution in [0.25, 0.3) is 0 Å². The van der Waals surface area contributed by atoms with Gasteiger partial charge in [0.2, 0.25) is 5.67 Å². The molecule has 0 radical (unpaired) electrons. The first kappa shape index (κ1) is 20.7. The van der Waals surface area contributed by atoms with Crippen LogP contribution in [0.5, 0.6) is 0 Å². The summed E-state index contributed by atoms with van der Waals surface area (Å²) in [4.78, 5) is 23.2. The van der Waals surface area contributed by atoms with E-state index in [0.29, 0.717) is 5.56 Å². The lowest BCUT2D eigenvalue weighted by atomic mass is 9.92. The lowest BCUT2D eigenvalue weighted by Crippen LogP contribution is -2.54. The number of esters is 2. The number of hydrogen-bond donors (Lipinski definition) is 1. The highest BCUT2D eigenvalue weighted by molar-refractivity contribution is 5.89. The fourth-order valence-corrected chi connectivity index (χ4v) is 3.27. The summed E-state index contributed by atoms with van der Waals surface area (Å²) in [5, 5.41) is 10.4. The highest BCUT2D eigenvalue weighted by Gasteiger charge is 2.67. The Morgan fingerprint density at radius 1 is 1.21 bits per heavy atom. The Labute approximate surface area is 161 Å². The van der Waals surface area contributed by atoms with Crippen molar-refractivity contribution in [3.05, 3.63) is 35.9 Å². The smallest absolute Gasteiger partial charge is 0.338 e. The Morgan fingerprint density at radius 3 is 2.54 bits per heavy atom. The molecule has 2 aliphatic heterocycles. The van der Waals surface area contributed by atoms with Crippen molar-refractivity contribution in [3.63, 3.8) is 0 Å². The van der Waals surface area contributed by atoms with Crippen molar-refractivity contribution in [1.29, 1.82) is 0 Å². The third kappa shape index (κ3) is 4.17. The van der Waals surface area contributed by atoms with Crippen molar-refractivity contribution in [3.8, 4) is 0 Å². The van der Waals surface area contributed by atoms with Gasteiger partial charge in [-0.1, -0.05) is 18.2 Å². The highest BCUT2D eigenvalue weighted by Crippen LogP contribution is 2.46. The van der Waals surface area contributed by atoms with Gasteiger partial charge in [-0.05, 0) is 26.0 Å². The molecule has 1 aromatic rings. The van der Waals surface area contributed by atoms with Crippen LogP contribution in [0.1, 0.15) is 31.1 Å². The second kappa shape index (κ2) is 7.75. The van der Waals surface area contributed by atoms with Gasteiger partial charge in [0, 0.05) is 6.92 Å². The van der Waals surface area contributed by atoms with E-state index in [4.69, 9.17) is 23.7 Å². The Hall–Kier alpha value is -2.07. The standard InChI is InChI=1S/C19H23FO8/c1-11(21)25-10-19(20)14(26-17-15(19)27-18(2,3)28-17)13(22)9-24-16(23)12-7-5-4-6-8-12/h4-8,13-15,17,22H,9-10H2,1-3H3/t13-,14+,15-,17+,19-/m0/s1. The number of hydrogen-bond acceptors (Lipinski definition) is 8. The molecule has 9 heteroatoms. The van der Waals surface area contributed by atoms with E-state index in [-0.39, 0.29) is 0 Å². The number of alkyl halides is 1. The number of rotatable bonds is 6. The number of aliphatic hydroxyl groups excluding tert-OH is 1. The molecule has 2 heterocycles. The zero-order chi connectivity index (χ0) is 20.5. The first-order chi connectivity index (χ1) is 13.1. The number of aliphatic hydroxyl groups is 1. The number of carbonyl (C=O) groups is 2. The molecule has 5 atom stereocenters. The van der Waals surface area contributed by atoms with Gasteiger partial charge in [-0.2, -0.15) is 0 Å². The van der Waals surface area contributed by atoms with E-state index >= 15 is 4.39 Å². The molecule has 1 aromatic carbocycles. The van der Waals surface area contributed by atoms with Gasteiger partial charge in [-0.15, -0.1) is 0 Å². The van der Waals surface area contributed by atoms with Gasteiger partial charge >= 0.3 is 11.9 Å². The molecular weight excluding hydrogens is 375 g/mol. The average Bonchev–Trinajstić information content (AvgIpc) is 3.09. The van der Waals surface area contributed by atoms with Gasteiger partial charge in [0.05, 0.1) is 5.56 Å². The van der Waals surface area contributed by atoms with Crippen LogP contribution in [0.2, 0.25) is 0 Å². The number of carbonyl (C=O) groups excluding carboxylic acids is 2. The molecule has 0 aromatic heterocycles. The fourth-order valence-electron chi connectivity index (χ4n) is 3.27. The number of fused-ring (bicyclic) bond motifs is 1. The molecule has 0 aliphatic carbocycles. The van der Waals surface area contributed by atoms with E-state index in [9.17, 15) is 14.7 Å². The fraction of sp³-hybridized carbons (Fsp3) is 0.579. The van der Waals surface area contributed by atoms with Crippen LogP contribution < -0.4 is 0 Å². The molecule has 0 bridgehead atoms. The van der Waals surface area contributed by atoms with Gasteiger partial charge in [0.25, 0.3) is 0 Å². The quantitative estimate of drug-likeness (QED) is 0.717. The molecule has 0 saturated carbocycles. The Bertz CT molecular complexity index is 724. The SMILES string of the molecule is CC(=O)OC[C@]1(F)[C@@H]([C@@H](O)COC(=O)c2ccccc2)O[C@@H]2OC(C)(C)O[C@@H]21. The largest absolute Gasteiger partial charge is 0.462 e. The Balaban J connectivity index is 1.70. The molecule has 28 heavy (non-hydrogen) atoms. The molecule has 2 aliphatic rings. The summed E-state index contributed by atoms with van der Waals surface area (Å²) in [5.41, 5.74) is -2.10. The first-order valence-electron chi connectivity index (χ1n) is 8.86. The zero-order valence-electron chi connectivity index (χ0n) is 15.8. The van der Waals surface area contributed by atoms with Crippen LogP contribution in [-0.2, 0) is 28.5 Å². The van der Waals surface area contributed by atoms with Crippen molar-refractivity contribution < 1.29 is 42.8 Å². The predicted octanol–water partition coefficient (Wildman–Crippen LogP) is 1.35. The average molecular weight is 398 g/mol. The molecular formula is C19H23FO8. The topological polar surface area (TPSA) is 101 Å². The van der Waals surface area contributed by atoms with Crippen molar-refractivity contribution in [2.75, 3.05) is 13.2 Å². The second-order valence-corrected chi connectivity index (χ2v) is 7.22. The van der Waals surface area contributed by atoms with Gasteiger partial charge < -0.3 is 28.8 Å². The van der Waals surface area contributed by atoms with Crippen molar-refractivity contribution >= 4 is 11.9 Å². The van der Waals surface area contributed by atoms with Crippen LogP contribution in [0.3, 0.4) is 0 Å². The van der Waals surface area contributed by atoms with E-state index in [1.165, 1.54) is 0 Å². The summed E-state index contributed by atoms with van der Waals surface area (Å²) >= 11 is 0. The summed E-state index contributed by atoms with van der Waals surface area (Å²) in [7, 11) is 0. The van der Waals surface area contributed by atoms with E-state index in [1.54, 1.807) is 44.2 Å². The van der Waals surface area contributed by atoms with Gasteiger partial charge in [-0.25, -0.2) is 9.18 Å². The van der Waals surface area contributed by atoms with E-state index < -0.39 is 61.2 Å². The summed E-state index contributed by atoms with van der Waals surface area (Å²) in [6.07, 6.45) is -5.33. The van der Waals surface area contributed by atoms with Gasteiger partial charge in [-0.3, -0.25) is 4.79 Å². The summed E-state index contributed by atoms with van der Waals surface area (Å²) < 4.78 is 42.3. The lowest BCUT2D eigenvalue weighted by molar-refractivity contribution is -0.238. The van der Waals surface area contributed by atoms with Crippen LogP contribution >= 0.6 is 0 Å². The van der Waals surface area contributed by atoms with Crippen LogP contribution in [-0.4, -0.2) is 66.3 Å². The molecule has 0 amide bonds. The normalized spacial score (nSPS) is 31.8. The monoisotopic (exact) mass is 398 g/mol. The van der Waals surface area contributed by atoms with Crippen molar-refractivity contribution in [2.45, 2.75) is 56.8 Å². The molecule has 8 nitrogen and oxygen atoms in total. The van der Waals surface area contributed by atoms with E-state index in [0.717, 1.165) is 6.92 Å². The van der Waals surface area contributed by atoms with Crippen LogP contribution in [0.15, 0.2) is 30.3 Å². The molecule has 154 valence electrons. The third-order valence-corrected chi connectivity index (χ3v) is 4.53. The molecule has 2 fully saturated rings. The summed E-state index contributed by atoms with van der Waals surface area (Å²) in [6, 6.07) is 8.17. The van der Waals surface area contributed by atoms with Gasteiger partial charge in [0.15, 0.2) is 18.2 Å². The van der Waals surface area contributed by atoms with Crippen molar-refractivity contribution in [1.82, 2.24) is 0 Å². The van der Waals surface area contributed by atoms with Crippen LogP contribution in [0, 0.1) is 0 Å². The minimum atomic E-state index is -2.39. The van der Waals surface area contributed by atoms with Gasteiger partial charge in [0.1, 0.15) is 25.4 Å². The number of benzene rings is 1. The molecule has 0 unspecified atom stereocenters. The number of halogens is 1. The summed E-state index contributed by atoms with van der Waals surface area (Å²) in [5.74, 6) is -2.46. The Morgan fingerprint density at radius 2 is 1.89 bits per heavy atom. The number of ether oxygens (including phenoxy) is 5. The maximum absolute atomic E-state index is 15.8. The second-order valence-electron chi connectivity index (χ2n) is 7.22. The highest BCUT2D eigenvalue weighted by atomic mass is 19.1. The maximum atomic E-state index is 15.8. The van der Waals surface area contributed by atoms with Crippen LogP contribution in [0.4, 0.5) is 4.39 Å². The van der Waals surface area contributed by atoms with Crippen molar-refractivity contribution in [2.24, 2.45) is 0 Å². The minimum Gasteiger partial charge on any atom is -0.462 e. The zero-order valence-corrected chi connectivity index (χ0v) is 15.8. The lowest BCUT2D eigenvalue weighted by Gasteiger charge is -2.32. The molecule has 0 spiro atoms. The third-order valence-electron chi connectivity index (χ3n) is 4.53. The predicted molar refractivity (Wildman–Crippen MR) is 91.9 cm³/mol. The Kier molecular flexibility index (Phi) is 5.72. The molecule has 1 N–H and O–H groups in total. The minimum absolute atomic E-state index is 0.291. The van der Waals surface area contributed by atoms with E-state index in [1.807, 2.05) is 0 Å².